The first kappa shape index (κ1) is 14.4. The van der Waals surface area contributed by atoms with Crippen molar-refractivity contribution in [3.05, 3.63) is 16.6 Å². The SMILES string of the molecule is C[Si](C)(C)CCOCCn1cc(C#N)nc1Br. The second kappa shape index (κ2) is 6.33. The number of halogens is 1. The van der Waals surface area contributed by atoms with E-state index in [0.717, 1.165) is 13.2 Å². The lowest BCUT2D eigenvalue weighted by molar-refractivity contribution is 0.137. The summed E-state index contributed by atoms with van der Waals surface area (Å²) in [6, 6.07) is 3.19. The molecule has 0 aliphatic rings. The number of nitrogens with zero attached hydrogens (tertiary/aromatic N) is 3. The average molecular weight is 316 g/mol. The Labute approximate surface area is 112 Å². The Bertz CT molecular complexity index is 406. The number of hydrogen-bond donors (Lipinski definition) is 0. The molecule has 1 heterocycles. The summed E-state index contributed by atoms with van der Waals surface area (Å²) in [4.78, 5) is 4.04. The van der Waals surface area contributed by atoms with Gasteiger partial charge in [0, 0.05) is 27.4 Å². The Morgan fingerprint density at radius 2 is 2.18 bits per heavy atom. The number of ether oxygens (including phenoxy) is 1. The van der Waals surface area contributed by atoms with Gasteiger partial charge in [0.1, 0.15) is 6.07 Å². The standard InChI is InChI=1S/C11H18BrN3OSi/c1-17(2,3)7-6-16-5-4-15-9-10(8-13)14-11(15)12/h9H,4-7H2,1-3H3. The molecule has 0 spiro atoms. The van der Waals surface area contributed by atoms with Gasteiger partial charge in [-0.05, 0) is 22.0 Å². The van der Waals surface area contributed by atoms with Gasteiger partial charge in [0.25, 0.3) is 0 Å². The van der Waals surface area contributed by atoms with Crippen molar-refractivity contribution in [1.82, 2.24) is 9.55 Å². The molecule has 0 fully saturated rings. The van der Waals surface area contributed by atoms with E-state index in [1.54, 1.807) is 6.20 Å². The normalized spacial score (nSPS) is 11.5. The van der Waals surface area contributed by atoms with Crippen LogP contribution in [0.2, 0.25) is 25.7 Å². The minimum atomic E-state index is -0.996. The molecular formula is C11H18BrN3OSi. The summed E-state index contributed by atoms with van der Waals surface area (Å²) < 4.78 is 8.16. The number of nitriles is 1. The summed E-state index contributed by atoms with van der Waals surface area (Å²) in [6.07, 6.45) is 1.73. The fraction of sp³-hybridized carbons (Fsp3) is 0.636. The topological polar surface area (TPSA) is 50.8 Å². The largest absolute Gasteiger partial charge is 0.380 e. The molecule has 1 aromatic rings. The highest BCUT2D eigenvalue weighted by Crippen LogP contribution is 2.10. The molecule has 0 bridgehead atoms. The zero-order valence-electron chi connectivity index (χ0n) is 10.5. The van der Waals surface area contributed by atoms with Gasteiger partial charge >= 0.3 is 0 Å². The third-order valence-corrected chi connectivity index (χ3v) is 4.65. The van der Waals surface area contributed by atoms with E-state index in [2.05, 4.69) is 40.6 Å². The van der Waals surface area contributed by atoms with Gasteiger partial charge < -0.3 is 9.30 Å². The molecule has 0 unspecified atom stereocenters. The Balaban J connectivity index is 2.27. The second-order valence-corrected chi connectivity index (χ2v) is 11.5. The van der Waals surface area contributed by atoms with Gasteiger partial charge in [-0.3, -0.25) is 0 Å². The van der Waals surface area contributed by atoms with Crippen molar-refractivity contribution in [3.63, 3.8) is 0 Å². The van der Waals surface area contributed by atoms with Gasteiger partial charge in [-0.2, -0.15) is 5.26 Å². The summed E-state index contributed by atoms with van der Waals surface area (Å²) in [5.41, 5.74) is 0.430. The first-order valence-electron chi connectivity index (χ1n) is 5.63. The van der Waals surface area contributed by atoms with Crippen LogP contribution in [0, 0.1) is 11.3 Å². The summed E-state index contributed by atoms with van der Waals surface area (Å²) >= 11 is 3.31. The van der Waals surface area contributed by atoms with E-state index in [9.17, 15) is 0 Å². The molecule has 0 saturated carbocycles. The highest BCUT2D eigenvalue weighted by atomic mass is 79.9. The zero-order valence-corrected chi connectivity index (χ0v) is 13.1. The van der Waals surface area contributed by atoms with E-state index in [1.165, 1.54) is 6.04 Å². The Kier molecular flexibility index (Phi) is 5.37. The van der Waals surface area contributed by atoms with Crippen molar-refractivity contribution in [3.8, 4) is 6.07 Å². The Morgan fingerprint density at radius 3 is 2.71 bits per heavy atom. The lowest BCUT2D eigenvalue weighted by atomic mass is 10.5. The summed E-state index contributed by atoms with van der Waals surface area (Å²) in [6.45, 7) is 9.21. The van der Waals surface area contributed by atoms with Crippen LogP contribution in [-0.4, -0.2) is 30.8 Å². The zero-order chi connectivity index (χ0) is 12.9. The van der Waals surface area contributed by atoms with Crippen molar-refractivity contribution in [1.29, 1.82) is 5.26 Å². The molecule has 1 rings (SSSR count). The average Bonchev–Trinajstić information content (AvgIpc) is 2.57. The van der Waals surface area contributed by atoms with E-state index in [0.29, 0.717) is 17.0 Å². The molecule has 0 amide bonds. The monoisotopic (exact) mass is 315 g/mol. The third-order valence-electron chi connectivity index (χ3n) is 2.32. The van der Waals surface area contributed by atoms with E-state index < -0.39 is 8.07 Å². The third kappa shape index (κ3) is 5.48. The van der Waals surface area contributed by atoms with Crippen LogP contribution in [0.3, 0.4) is 0 Å². The maximum absolute atomic E-state index is 8.70. The predicted octanol–water partition coefficient (Wildman–Crippen LogP) is 2.87. The van der Waals surface area contributed by atoms with Crippen LogP contribution in [0.1, 0.15) is 5.69 Å². The molecular weight excluding hydrogens is 298 g/mol. The van der Waals surface area contributed by atoms with Gasteiger partial charge in [0.05, 0.1) is 6.61 Å². The van der Waals surface area contributed by atoms with Crippen LogP contribution < -0.4 is 0 Å². The Morgan fingerprint density at radius 1 is 1.47 bits per heavy atom. The predicted molar refractivity (Wildman–Crippen MR) is 73.6 cm³/mol. The molecule has 0 aliphatic heterocycles. The van der Waals surface area contributed by atoms with Crippen molar-refractivity contribution < 1.29 is 4.74 Å². The number of aromatic nitrogens is 2. The van der Waals surface area contributed by atoms with Crippen LogP contribution in [0.4, 0.5) is 0 Å². The van der Waals surface area contributed by atoms with Crippen LogP contribution in [0.15, 0.2) is 10.9 Å². The van der Waals surface area contributed by atoms with Crippen molar-refractivity contribution in [2.24, 2.45) is 0 Å². The van der Waals surface area contributed by atoms with E-state index >= 15 is 0 Å². The fourth-order valence-electron chi connectivity index (χ4n) is 1.25. The Hall–Kier alpha value is -0.643. The maximum Gasteiger partial charge on any atom is 0.178 e. The van der Waals surface area contributed by atoms with E-state index in [1.807, 2.05) is 10.6 Å². The number of rotatable bonds is 6. The molecule has 4 nitrogen and oxygen atoms in total. The number of hydrogen-bond acceptors (Lipinski definition) is 3. The number of imidazole rings is 1. The second-order valence-electron chi connectivity index (χ2n) is 5.12. The van der Waals surface area contributed by atoms with Crippen LogP contribution in [0.25, 0.3) is 0 Å². The lowest BCUT2D eigenvalue weighted by Crippen LogP contribution is -2.22. The highest BCUT2D eigenvalue weighted by Gasteiger charge is 2.12. The van der Waals surface area contributed by atoms with E-state index in [4.69, 9.17) is 10.00 Å². The molecule has 0 aromatic carbocycles. The molecule has 94 valence electrons. The molecule has 0 N–H and O–H groups in total. The molecule has 17 heavy (non-hydrogen) atoms. The van der Waals surface area contributed by atoms with Crippen LogP contribution >= 0.6 is 15.9 Å². The molecule has 0 aliphatic carbocycles. The molecule has 1 aromatic heterocycles. The molecule has 0 radical (unpaired) electrons. The molecule has 0 atom stereocenters. The summed E-state index contributed by atoms with van der Waals surface area (Å²) in [5, 5.41) is 8.70. The first-order valence-corrected chi connectivity index (χ1v) is 10.1. The van der Waals surface area contributed by atoms with Gasteiger partial charge in [0.15, 0.2) is 10.4 Å². The maximum atomic E-state index is 8.70. The van der Waals surface area contributed by atoms with Crippen LogP contribution in [-0.2, 0) is 11.3 Å². The first-order chi connectivity index (χ1) is 7.92. The summed E-state index contributed by atoms with van der Waals surface area (Å²) in [5.74, 6) is 0. The van der Waals surface area contributed by atoms with Gasteiger partial charge in [0.2, 0.25) is 0 Å². The van der Waals surface area contributed by atoms with Crippen molar-refractivity contribution in [2.75, 3.05) is 13.2 Å². The van der Waals surface area contributed by atoms with Gasteiger partial charge in [-0.25, -0.2) is 4.98 Å². The highest BCUT2D eigenvalue weighted by molar-refractivity contribution is 9.10. The summed E-state index contributed by atoms with van der Waals surface area (Å²) in [7, 11) is -0.996. The van der Waals surface area contributed by atoms with Crippen molar-refractivity contribution in [2.45, 2.75) is 32.2 Å². The van der Waals surface area contributed by atoms with Gasteiger partial charge in [-0.1, -0.05) is 19.6 Å². The smallest absolute Gasteiger partial charge is 0.178 e. The minimum absolute atomic E-state index is 0.430. The van der Waals surface area contributed by atoms with E-state index in [-0.39, 0.29) is 0 Å². The molecule has 6 heteroatoms. The van der Waals surface area contributed by atoms with Crippen molar-refractivity contribution >= 4 is 24.0 Å². The fourth-order valence-corrected chi connectivity index (χ4v) is 2.47. The quantitative estimate of drug-likeness (QED) is 0.599. The van der Waals surface area contributed by atoms with Crippen LogP contribution in [0.5, 0.6) is 0 Å². The lowest BCUT2D eigenvalue weighted by Gasteiger charge is -2.15. The minimum Gasteiger partial charge on any atom is -0.380 e. The molecule has 0 saturated heterocycles. The van der Waals surface area contributed by atoms with Gasteiger partial charge in [-0.15, -0.1) is 0 Å².